The Morgan fingerprint density at radius 1 is 1.29 bits per heavy atom. The average molecular weight is 193 g/mol. The lowest BCUT2D eigenvalue weighted by Gasteiger charge is -2.41. The molecule has 2 N–H and O–H groups in total. The highest BCUT2D eigenvalue weighted by molar-refractivity contribution is 5.33. The van der Waals surface area contributed by atoms with E-state index in [9.17, 15) is 0 Å². The Hall–Kier alpha value is -0.560. The van der Waals surface area contributed by atoms with Crippen molar-refractivity contribution in [3.63, 3.8) is 0 Å². The van der Waals surface area contributed by atoms with Crippen LogP contribution in [0.2, 0.25) is 0 Å². The summed E-state index contributed by atoms with van der Waals surface area (Å²) in [5.41, 5.74) is 7.65. The zero-order chi connectivity index (χ0) is 10.9. The second-order valence-corrected chi connectivity index (χ2v) is 5.21. The van der Waals surface area contributed by atoms with Crippen LogP contribution in [0.4, 0.5) is 0 Å². The van der Waals surface area contributed by atoms with Crippen LogP contribution < -0.4 is 5.73 Å². The quantitative estimate of drug-likeness (QED) is 0.716. The van der Waals surface area contributed by atoms with Crippen molar-refractivity contribution in [2.75, 3.05) is 0 Å². The van der Waals surface area contributed by atoms with Crippen LogP contribution in [0.3, 0.4) is 0 Å². The van der Waals surface area contributed by atoms with E-state index in [2.05, 4.69) is 52.8 Å². The van der Waals surface area contributed by atoms with Gasteiger partial charge in [-0.1, -0.05) is 45.9 Å². The van der Waals surface area contributed by atoms with Crippen LogP contribution >= 0.6 is 0 Å². The van der Waals surface area contributed by atoms with Crippen molar-refractivity contribution in [2.24, 2.45) is 23.5 Å². The molecule has 0 heterocycles. The molecule has 0 aromatic rings. The Morgan fingerprint density at radius 3 is 2.29 bits per heavy atom. The fourth-order valence-electron chi connectivity index (χ4n) is 2.58. The maximum atomic E-state index is 6.45. The minimum absolute atomic E-state index is 0.170. The first-order valence-corrected chi connectivity index (χ1v) is 5.55. The summed E-state index contributed by atoms with van der Waals surface area (Å²) in [7, 11) is 0. The molecule has 1 aliphatic rings. The van der Waals surface area contributed by atoms with Crippen LogP contribution in [-0.2, 0) is 0 Å². The first-order chi connectivity index (χ1) is 6.37. The van der Waals surface area contributed by atoms with Gasteiger partial charge in [0.25, 0.3) is 0 Å². The largest absolute Gasteiger partial charge is 0.321 e. The summed E-state index contributed by atoms with van der Waals surface area (Å²) in [6, 6.07) is 0. The number of rotatable bonds is 2. The Bertz CT molecular complexity index is 256. The van der Waals surface area contributed by atoms with Gasteiger partial charge >= 0.3 is 0 Å². The zero-order valence-corrected chi connectivity index (χ0v) is 10.0. The molecule has 0 saturated carbocycles. The van der Waals surface area contributed by atoms with E-state index in [0.29, 0.717) is 17.8 Å². The van der Waals surface area contributed by atoms with Gasteiger partial charge in [-0.15, -0.1) is 0 Å². The van der Waals surface area contributed by atoms with Crippen molar-refractivity contribution in [1.29, 1.82) is 0 Å². The zero-order valence-electron chi connectivity index (χ0n) is 10.0. The van der Waals surface area contributed by atoms with Crippen molar-refractivity contribution in [3.05, 3.63) is 23.8 Å². The van der Waals surface area contributed by atoms with E-state index in [1.807, 2.05) is 0 Å². The van der Waals surface area contributed by atoms with E-state index < -0.39 is 0 Å². The minimum Gasteiger partial charge on any atom is -0.321 e. The standard InChI is InChI=1S/C13H23N/c1-9(2)11-7-6-8-12(10(3)4)13(11,5)14/h6-11H,14H2,1-5H3. The van der Waals surface area contributed by atoms with Crippen LogP contribution in [0, 0.1) is 17.8 Å². The van der Waals surface area contributed by atoms with E-state index in [-0.39, 0.29) is 5.54 Å². The molecule has 0 amide bonds. The van der Waals surface area contributed by atoms with E-state index in [4.69, 9.17) is 5.73 Å². The highest BCUT2D eigenvalue weighted by Crippen LogP contribution is 2.36. The molecular formula is C13H23N. The van der Waals surface area contributed by atoms with Crippen LogP contribution in [-0.4, -0.2) is 5.54 Å². The number of hydrogen-bond acceptors (Lipinski definition) is 1. The molecule has 0 bridgehead atoms. The third-order valence-electron chi connectivity index (χ3n) is 3.25. The summed E-state index contributed by atoms with van der Waals surface area (Å²) in [6.45, 7) is 11.1. The van der Waals surface area contributed by atoms with Crippen molar-refractivity contribution < 1.29 is 0 Å². The molecule has 0 spiro atoms. The lowest BCUT2D eigenvalue weighted by Crippen LogP contribution is -2.49. The first kappa shape index (κ1) is 11.5. The smallest absolute Gasteiger partial charge is 0.0411 e. The van der Waals surface area contributed by atoms with Gasteiger partial charge < -0.3 is 5.73 Å². The lowest BCUT2D eigenvalue weighted by atomic mass is 9.69. The van der Waals surface area contributed by atoms with Crippen LogP contribution in [0.15, 0.2) is 23.8 Å². The summed E-state index contributed by atoms with van der Waals surface area (Å²) in [5.74, 6) is 1.60. The first-order valence-electron chi connectivity index (χ1n) is 5.55. The topological polar surface area (TPSA) is 26.0 Å². The molecule has 2 unspecified atom stereocenters. The molecule has 80 valence electrons. The Kier molecular flexibility index (Phi) is 3.20. The highest BCUT2D eigenvalue weighted by atomic mass is 14.8. The molecule has 0 aromatic heterocycles. The number of hydrogen-bond donors (Lipinski definition) is 1. The van der Waals surface area contributed by atoms with Crippen LogP contribution in [0.25, 0.3) is 0 Å². The Morgan fingerprint density at radius 2 is 1.86 bits per heavy atom. The highest BCUT2D eigenvalue weighted by Gasteiger charge is 2.36. The van der Waals surface area contributed by atoms with Gasteiger partial charge in [0.2, 0.25) is 0 Å². The predicted molar refractivity (Wildman–Crippen MR) is 63.0 cm³/mol. The normalized spacial score (nSPS) is 32.6. The SMILES string of the molecule is CC(C)C1=CC=CC(C(C)C)C1(C)N. The molecule has 14 heavy (non-hydrogen) atoms. The summed E-state index contributed by atoms with van der Waals surface area (Å²) in [5, 5.41) is 0. The van der Waals surface area contributed by atoms with E-state index >= 15 is 0 Å². The fourth-order valence-corrected chi connectivity index (χ4v) is 2.58. The molecule has 1 heteroatoms. The molecule has 0 aromatic carbocycles. The van der Waals surface area contributed by atoms with Crippen LogP contribution in [0.1, 0.15) is 34.6 Å². The molecule has 0 saturated heterocycles. The molecule has 1 aliphatic carbocycles. The summed E-state index contributed by atoms with van der Waals surface area (Å²) >= 11 is 0. The molecule has 0 fully saturated rings. The summed E-state index contributed by atoms with van der Waals surface area (Å²) in [6.07, 6.45) is 6.59. The maximum absolute atomic E-state index is 6.45. The molecule has 0 radical (unpaired) electrons. The molecule has 2 atom stereocenters. The van der Waals surface area contributed by atoms with Gasteiger partial charge in [0, 0.05) is 11.5 Å². The monoisotopic (exact) mass is 193 g/mol. The molecule has 1 nitrogen and oxygen atoms in total. The van der Waals surface area contributed by atoms with Crippen molar-refractivity contribution in [2.45, 2.75) is 40.2 Å². The Labute approximate surface area is 88.1 Å². The minimum atomic E-state index is -0.170. The van der Waals surface area contributed by atoms with E-state index in [0.717, 1.165) is 0 Å². The molecule has 1 rings (SSSR count). The van der Waals surface area contributed by atoms with Gasteiger partial charge in [-0.25, -0.2) is 0 Å². The van der Waals surface area contributed by atoms with Gasteiger partial charge in [0.15, 0.2) is 0 Å². The summed E-state index contributed by atoms with van der Waals surface area (Å²) < 4.78 is 0. The van der Waals surface area contributed by atoms with Gasteiger partial charge in [0.05, 0.1) is 0 Å². The van der Waals surface area contributed by atoms with E-state index in [1.165, 1.54) is 5.57 Å². The summed E-state index contributed by atoms with van der Waals surface area (Å²) in [4.78, 5) is 0. The maximum Gasteiger partial charge on any atom is 0.0411 e. The Balaban J connectivity index is 3.01. The third kappa shape index (κ3) is 1.93. The molecular weight excluding hydrogens is 170 g/mol. The van der Waals surface area contributed by atoms with Gasteiger partial charge in [-0.2, -0.15) is 0 Å². The van der Waals surface area contributed by atoms with Gasteiger partial charge in [-0.05, 0) is 24.3 Å². The van der Waals surface area contributed by atoms with Crippen molar-refractivity contribution in [1.82, 2.24) is 0 Å². The lowest BCUT2D eigenvalue weighted by molar-refractivity contribution is 0.299. The van der Waals surface area contributed by atoms with Crippen molar-refractivity contribution in [3.8, 4) is 0 Å². The van der Waals surface area contributed by atoms with Gasteiger partial charge in [0.1, 0.15) is 0 Å². The van der Waals surface area contributed by atoms with E-state index in [1.54, 1.807) is 0 Å². The van der Waals surface area contributed by atoms with Gasteiger partial charge in [-0.3, -0.25) is 0 Å². The second kappa shape index (κ2) is 3.90. The molecule has 0 aliphatic heterocycles. The second-order valence-electron chi connectivity index (χ2n) is 5.21. The van der Waals surface area contributed by atoms with Crippen LogP contribution in [0.5, 0.6) is 0 Å². The predicted octanol–water partition coefficient (Wildman–Crippen LogP) is 3.13. The average Bonchev–Trinajstić information content (AvgIpc) is 2.01. The fraction of sp³-hybridized carbons (Fsp3) is 0.692. The third-order valence-corrected chi connectivity index (χ3v) is 3.25. The number of allylic oxidation sites excluding steroid dienone is 2. The number of nitrogens with two attached hydrogens (primary N) is 1. The van der Waals surface area contributed by atoms with Crippen molar-refractivity contribution >= 4 is 0 Å².